The molecule has 0 radical (unpaired) electrons. The highest BCUT2D eigenvalue weighted by Crippen LogP contribution is 2.36. The Kier molecular flexibility index (Phi) is 4.82. The molecule has 1 aromatic carbocycles. The third-order valence-corrected chi connectivity index (χ3v) is 3.97. The SMILES string of the molecule is COc1cccc(C(O)CCc2cccs2)c1OC. The summed E-state index contributed by atoms with van der Waals surface area (Å²) < 4.78 is 10.6. The summed E-state index contributed by atoms with van der Waals surface area (Å²) in [6.45, 7) is 0. The lowest BCUT2D eigenvalue weighted by Crippen LogP contribution is -2.03. The quantitative estimate of drug-likeness (QED) is 0.879. The van der Waals surface area contributed by atoms with Crippen molar-refractivity contribution in [3.05, 3.63) is 46.2 Å². The fourth-order valence-electron chi connectivity index (χ4n) is 2.06. The van der Waals surface area contributed by atoms with E-state index in [0.717, 1.165) is 12.0 Å². The van der Waals surface area contributed by atoms with Gasteiger partial charge in [-0.25, -0.2) is 0 Å². The van der Waals surface area contributed by atoms with Crippen molar-refractivity contribution in [3.63, 3.8) is 0 Å². The van der Waals surface area contributed by atoms with Crippen LogP contribution in [0.15, 0.2) is 35.7 Å². The number of hydrogen-bond acceptors (Lipinski definition) is 4. The Morgan fingerprint density at radius 1 is 1.16 bits per heavy atom. The zero-order valence-corrected chi connectivity index (χ0v) is 11.9. The van der Waals surface area contributed by atoms with E-state index in [9.17, 15) is 5.11 Å². The third kappa shape index (κ3) is 3.28. The van der Waals surface area contributed by atoms with Crippen LogP contribution in [0.4, 0.5) is 0 Å². The molecule has 1 aromatic heterocycles. The standard InChI is InChI=1S/C15H18O3S/c1-17-14-7-3-6-12(15(14)18-2)13(16)9-8-11-5-4-10-19-11/h3-7,10,13,16H,8-9H2,1-2H3. The Morgan fingerprint density at radius 3 is 2.63 bits per heavy atom. The molecule has 0 saturated carbocycles. The van der Waals surface area contributed by atoms with Crippen LogP contribution in [0.1, 0.15) is 23.0 Å². The smallest absolute Gasteiger partial charge is 0.166 e. The second-order valence-electron chi connectivity index (χ2n) is 4.22. The minimum absolute atomic E-state index is 0.549. The fraction of sp³-hybridized carbons (Fsp3) is 0.333. The first-order valence-corrected chi connectivity index (χ1v) is 7.05. The van der Waals surface area contributed by atoms with Gasteiger partial charge in [0.15, 0.2) is 11.5 Å². The number of para-hydroxylation sites is 1. The Morgan fingerprint density at radius 2 is 2.00 bits per heavy atom. The van der Waals surface area contributed by atoms with Crippen LogP contribution in [0.2, 0.25) is 0 Å². The molecule has 1 N–H and O–H groups in total. The van der Waals surface area contributed by atoms with Crippen molar-refractivity contribution >= 4 is 11.3 Å². The van der Waals surface area contributed by atoms with E-state index in [0.29, 0.717) is 17.9 Å². The van der Waals surface area contributed by atoms with E-state index in [-0.39, 0.29) is 0 Å². The van der Waals surface area contributed by atoms with Gasteiger partial charge >= 0.3 is 0 Å². The third-order valence-electron chi connectivity index (χ3n) is 3.04. The molecule has 0 fully saturated rings. The summed E-state index contributed by atoms with van der Waals surface area (Å²) in [6, 6.07) is 9.68. The van der Waals surface area contributed by atoms with Gasteiger partial charge in [-0.1, -0.05) is 18.2 Å². The number of aliphatic hydroxyl groups is 1. The number of ether oxygens (including phenoxy) is 2. The maximum Gasteiger partial charge on any atom is 0.166 e. The van der Waals surface area contributed by atoms with E-state index < -0.39 is 6.10 Å². The number of benzene rings is 1. The number of hydrogen-bond donors (Lipinski definition) is 1. The molecule has 1 unspecified atom stereocenters. The van der Waals surface area contributed by atoms with Gasteiger partial charge in [-0.15, -0.1) is 11.3 Å². The monoisotopic (exact) mass is 278 g/mol. The highest BCUT2D eigenvalue weighted by atomic mass is 32.1. The van der Waals surface area contributed by atoms with Crippen molar-refractivity contribution in [2.45, 2.75) is 18.9 Å². The van der Waals surface area contributed by atoms with Gasteiger partial charge in [-0.2, -0.15) is 0 Å². The second-order valence-corrected chi connectivity index (χ2v) is 5.25. The van der Waals surface area contributed by atoms with Crippen LogP contribution in [0.25, 0.3) is 0 Å². The molecule has 0 amide bonds. The Labute approximate surface area is 117 Å². The summed E-state index contributed by atoms with van der Waals surface area (Å²) in [4.78, 5) is 1.28. The number of thiophene rings is 1. The van der Waals surface area contributed by atoms with E-state index in [1.807, 2.05) is 29.6 Å². The van der Waals surface area contributed by atoms with Gasteiger partial charge in [-0.05, 0) is 30.4 Å². The molecule has 102 valence electrons. The maximum atomic E-state index is 10.3. The summed E-state index contributed by atoms with van der Waals surface area (Å²) in [5.41, 5.74) is 0.776. The van der Waals surface area contributed by atoms with Gasteiger partial charge in [0.05, 0.1) is 20.3 Å². The number of rotatable bonds is 6. The molecule has 2 rings (SSSR count). The molecule has 19 heavy (non-hydrogen) atoms. The molecule has 1 atom stereocenters. The van der Waals surface area contributed by atoms with E-state index in [1.54, 1.807) is 25.6 Å². The van der Waals surface area contributed by atoms with Gasteiger partial charge in [-0.3, -0.25) is 0 Å². The molecular formula is C15H18O3S. The fourth-order valence-corrected chi connectivity index (χ4v) is 2.79. The van der Waals surface area contributed by atoms with Crippen molar-refractivity contribution in [2.75, 3.05) is 14.2 Å². The van der Waals surface area contributed by atoms with Crippen LogP contribution in [0.5, 0.6) is 11.5 Å². The molecule has 0 saturated heterocycles. The molecule has 0 aliphatic heterocycles. The van der Waals surface area contributed by atoms with Crippen molar-refractivity contribution in [1.29, 1.82) is 0 Å². The first-order valence-electron chi connectivity index (χ1n) is 6.17. The normalized spacial score (nSPS) is 12.2. The first kappa shape index (κ1) is 13.9. The highest BCUT2D eigenvalue weighted by molar-refractivity contribution is 7.09. The largest absolute Gasteiger partial charge is 0.493 e. The van der Waals surface area contributed by atoms with Crippen LogP contribution in [0, 0.1) is 0 Å². The second kappa shape index (κ2) is 6.59. The van der Waals surface area contributed by atoms with Crippen molar-refractivity contribution in [1.82, 2.24) is 0 Å². The van der Waals surface area contributed by atoms with E-state index in [4.69, 9.17) is 9.47 Å². The Balaban J connectivity index is 2.11. The van der Waals surface area contributed by atoms with E-state index in [2.05, 4.69) is 6.07 Å². The maximum absolute atomic E-state index is 10.3. The molecule has 0 aliphatic rings. The predicted molar refractivity (Wildman–Crippen MR) is 77.1 cm³/mol. The van der Waals surface area contributed by atoms with Gasteiger partial charge in [0.25, 0.3) is 0 Å². The summed E-state index contributed by atoms with van der Waals surface area (Å²) >= 11 is 1.71. The topological polar surface area (TPSA) is 38.7 Å². The lowest BCUT2D eigenvalue weighted by atomic mass is 10.0. The van der Waals surface area contributed by atoms with Gasteiger partial charge in [0.1, 0.15) is 0 Å². The van der Waals surface area contributed by atoms with E-state index in [1.165, 1.54) is 4.88 Å². The minimum atomic E-state index is -0.549. The van der Waals surface area contributed by atoms with Gasteiger partial charge < -0.3 is 14.6 Å². The van der Waals surface area contributed by atoms with Crippen molar-refractivity contribution < 1.29 is 14.6 Å². The lowest BCUT2D eigenvalue weighted by molar-refractivity contribution is 0.163. The van der Waals surface area contributed by atoms with E-state index >= 15 is 0 Å². The zero-order valence-electron chi connectivity index (χ0n) is 11.1. The molecule has 3 nitrogen and oxygen atoms in total. The number of aliphatic hydroxyl groups excluding tert-OH is 1. The molecular weight excluding hydrogens is 260 g/mol. The first-order chi connectivity index (χ1) is 9.26. The van der Waals surface area contributed by atoms with Crippen molar-refractivity contribution in [3.8, 4) is 11.5 Å². The van der Waals surface area contributed by atoms with Crippen LogP contribution in [-0.2, 0) is 6.42 Å². The van der Waals surface area contributed by atoms with Crippen LogP contribution >= 0.6 is 11.3 Å². The molecule has 0 aliphatic carbocycles. The number of aryl methyl sites for hydroxylation is 1. The van der Waals surface area contributed by atoms with Crippen LogP contribution < -0.4 is 9.47 Å². The van der Waals surface area contributed by atoms with Crippen molar-refractivity contribution in [2.24, 2.45) is 0 Å². The summed E-state index contributed by atoms with van der Waals surface area (Å²) in [7, 11) is 3.19. The molecule has 0 bridgehead atoms. The zero-order chi connectivity index (χ0) is 13.7. The average molecular weight is 278 g/mol. The lowest BCUT2D eigenvalue weighted by Gasteiger charge is -2.16. The molecule has 2 aromatic rings. The van der Waals surface area contributed by atoms with Gasteiger partial charge in [0.2, 0.25) is 0 Å². The minimum Gasteiger partial charge on any atom is -0.493 e. The Bertz CT molecular complexity index is 508. The highest BCUT2D eigenvalue weighted by Gasteiger charge is 2.16. The predicted octanol–water partition coefficient (Wildman–Crippen LogP) is 3.43. The molecule has 4 heteroatoms. The Hall–Kier alpha value is -1.52. The van der Waals surface area contributed by atoms with Crippen LogP contribution in [-0.4, -0.2) is 19.3 Å². The summed E-state index contributed by atoms with van der Waals surface area (Å²) in [6.07, 6.45) is 0.982. The average Bonchev–Trinajstić information content (AvgIpc) is 2.97. The summed E-state index contributed by atoms with van der Waals surface area (Å²) in [5.74, 6) is 1.26. The molecule has 1 heterocycles. The van der Waals surface area contributed by atoms with Gasteiger partial charge in [0, 0.05) is 10.4 Å². The number of methoxy groups -OCH3 is 2. The molecule has 0 spiro atoms. The van der Waals surface area contributed by atoms with Crippen LogP contribution in [0.3, 0.4) is 0 Å². The summed E-state index contributed by atoms with van der Waals surface area (Å²) in [5, 5.41) is 12.4.